The highest BCUT2D eigenvalue weighted by molar-refractivity contribution is 7.89. The molecule has 0 spiro atoms. The predicted octanol–water partition coefficient (Wildman–Crippen LogP) is 2.92. The highest BCUT2D eigenvalue weighted by Crippen LogP contribution is 2.37. The fourth-order valence-electron chi connectivity index (χ4n) is 4.94. The molecule has 0 aliphatic carbocycles. The van der Waals surface area contributed by atoms with Gasteiger partial charge in [0.15, 0.2) is 0 Å². The summed E-state index contributed by atoms with van der Waals surface area (Å²) in [6.45, 7) is 1.26. The molecule has 34 heavy (non-hydrogen) atoms. The second-order valence-corrected chi connectivity index (χ2v) is 10.6. The van der Waals surface area contributed by atoms with Gasteiger partial charge in [-0.2, -0.15) is 4.31 Å². The third kappa shape index (κ3) is 4.01. The topological polar surface area (TPSA) is 97.7 Å². The third-order valence-corrected chi connectivity index (χ3v) is 8.39. The molecule has 5 rings (SSSR count). The number of hydrogen-bond acceptors (Lipinski definition) is 5. The standard InChI is InChI=1S/C25H25N3O5S/c1-33-23-7-3-2-5-21(23)25(30)26-19-9-11-20(12-10-19)34(31,32)27-14-17-13-18(16-27)22-6-4-8-24(29)28(22)15-17/h2-12,17-18H,13-16H2,1H3,(H,26,30)/t17-,18?/m1/s1. The van der Waals surface area contributed by atoms with Gasteiger partial charge in [-0.05, 0) is 54.8 Å². The maximum Gasteiger partial charge on any atom is 0.259 e. The van der Waals surface area contributed by atoms with Crippen LogP contribution in [0.1, 0.15) is 28.4 Å². The summed E-state index contributed by atoms with van der Waals surface area (Å²) >= 11 is 0. The highest BCUT2D eigenvalue weighted by atomic mass is 32.2. The van der Waals surface area contributed by atoms with Gasteiger partial charge in [-0.25, -0.2) is 8.42 Å². The van der Waals surface area contributed by atoms with Crippen LogP contribution in [0.15, 0.2) is 76.4 Å². The monoisotopic (exact) mass is 479 g/mol. The predicted molar refractivity (Wildman–Crippen MR) is 128 cm³/mol. The van der Waals surface area contributed by atoms with Crippen LogP contribution in [0.2, 0.25) is 0 Å². The molecular weight excluding hydrogens is 454 g/mol. The van der Waals surface area contributed by atoms with Gasteiger partial charge in [0.1, 0.15) is 5.75 Å². The molecule has 1 unspecified atom stereocenters. The van der Waals surface area contributed by atoms with Crippen LogP contribution in [-0.4, -0.2) is 43.4 Å². The summed E-state index contributed by atoms with van der Waals surface area (Å²) in [4.78, 5) is 25.0. The lowest BCUT2D eigenvalue weighted by Crippen LogP contribution is -2.48. The molecule has 1 fully saturated rings. The van der Waals surface area contributed by atoms with E-state index in [4.69, 9.17) is 4.74 Å². The van der Waals surface area contributed by atoms with E-state index >= 15 is 0 Å². The van der Waals surface area contributed by atoms with E-state index in [9.17, 15) is 18.0 Å². The minimum atomic E-state index is -3.71. The van der Waals surface area contributed by atoms with Gasteiger partial charge in [-0.1, -0.05) is 18.2 Å². The summed E-state index contributed by atoms with van der Waals surface area (Å²) in [5, 5.41) is 2.78. The van der Waals surface area contributed by atoms with Crippen LogP contribution in [0, 0.1) is 5.92 Å². The number of rotatable bonds is 5. The van der Waals surface area contributed by atoms with E-state index < -0.39 is 10.0 Å². The Hall–Kier alpha value is -3.43. The maximum atomic E-state index is 13.4. The number of nitrogens with zero attached hydrogens (tertiary/aromatic N) is 2. The van der Waals surface area contributed by atoms with E-state index in [0.717, 1.165) is 12.1 Å². The van der Waals surface area contributed by atoms with Crippen LogP contribution >= 0.6 is 0 Å². The first-order valence-corrected chi connectivity index (χ1v) is 12.5. The van der Waals surface area contributed by atoms with Crippen LogP contribution in [0.25, 0.3) is 0 Å². The normalized spacial score (nSPS) is 19.8. The summed E-state index contributed by atoms with van der Waals surface area (Å²) in [6.07, 6.45) is 0.878. The van der Waals surface area contributed by atoms with E-state index in [1.165, 1.54) is 23.5 Å². The number of ether oxygens (including phenoxy) is 1. The molecular formula is C25H25N3O5S. The molecule has 1 aromatic heterocycles. The number of hydrogen-bond donors (Lipinski definition) is 1. The van der Waals surface area contributed by atoms with Gasteiger partial charge in [-0.15, -0.1) is 0 Å². The smallest absolute Gasteiger partial charge is 0.259 e. The lowest BCUT2D eigenvalue weighted by atomic mass is 9.84. The molecule has 2 bridgehead atoms. The number of fused-ring (bicyclic) bond motifs is 4. The van der Waals surface area contributed by atoms with Crippen molar-refractivity contribution in [2.75, 3.05) is 25.5 Å². The van der Waals surface area contributed by atoms with Gasteiger partial charge in [-0.3, -0.25) is 9.59 Å². The van der Waals surface area contributed by atoms with Gasteiger partial charge in [0.05, 0.1) is 17.6 Å². The molecule has 3 aromatic rings. The van der Waals surface area contributed by atoms with E-state index in [1.807, 2.05) is 6.07 Å². The number of anilines is 1. The Kier molecular flexibility index (Phi) is 5.75. The Morgan fingerprint density at radius 1 is 0.971 bits per heavy atom. The Bertz CT molecular complexity index is 1400. The Morgan fingerprint density at radius 3 is 2.50 bits per heavy atom. The first-order chi connectivity index (χ1) is 16.4. The molecule has 2 aliphatic heterocycles. The second kappa shape index (κ2) is 8.73. The van der Waals surface area contributed by atoms with E-state index in [1.54, 1.807) is 53.1 Å². The number of aromatic nitrogens is 1. The number of benzene rings is 2. The molecule has 0 saturated carbocycles. The molecule has 0 radical (unpaired) electrons. The van der Waals surface area contributed by atoms with Crippen molar-refractivity contribution in [2.45, 2.75) is 23.8 Å². The lowest BCUT2D eigenvalue weighted by Gasteiger charge is -2.42. The summed E-state index contributed by atoms with van der Waals surface area (Å²) < 4.78 is 35.3. The number of amides is 1. The average Bonchev–Trinajstić information content (AvgIpc) is 2.85. The second-order valence-electron chi connectivity index (χ2n) is 8.70. The van der Waals surface area contributed by atoms with E-state index in [2.05, 4.69) is 5.32 Å². The molecule has 8 nitrogen and oxygen atoms in total. The van der Waals surface area contributed by atoms with Crippen molar-refractivity contribution >= 4 is 21.6 Å². The number of methoxy groups -OCH3 is 1. The minimum absolute atomic E-state index is 0.00408. The maximum absolute atomic E-state index is 13.4. The van der Waals surface area contributed by atoms with Gasteiger partial charge in [0.25, 0.3) is 11.5 Å². The third-order valence-electron chi connectivity index (χ3n) is 6.55. The number of pyridine rings is 1. The van der Waals surface area contributed by atoms with Gasteiger partial charge < -0.3 is 14.6 Å². The zero-order valence-electron chi connectivity index (χ0n) is 18.7. The molecule has 2 aliphatic rings. The molecule has 9 heteroatoms. The minimum Gasteiger partial charge on any atom is -0.496 e. The fourth-order valence-corrected chi connectivity index (χ4v) is 6.50. The molecule has 1 saturated heterocycles. The van der Waals surface area contributed by atoms with Crippen LogP contribution in [0.5, 0.6) is 5.75 Å². The number of sulfonamides is 1. The van der Waals surface area contributed by atoms with Gasteiger partial charge in [0, 0.05) is 43.0 Å². The number of carbonyl (C=O) groups excluding carboxylic acids is 1. The van der Waals surface area contributed by atoms with Gasteiger partial charge in [0.2, 0.25) is 10.0 Å². The van der Waals surface area contributed by atoms with Crippen molar-refractivity contribution < 1.29 is 17.9 Å². The molecule has 2 atom stereocenters. The van der Waals surface area contributed by atoms with E-state index in [0.29, 0.717) is 36.6 Å². The van der Waals surface area contributed by atoms with Crippen LogP contribution < -0.4 is 15.6 Å². The van der Waals surface area contributed by atoms with Crippen LogP contribution in [0.4, 0.5) is 5.69 Å². The van der Waals surface area contributed by atoms with Crippen molar-refractivity contribution in [2.24, 2.45) is 5.92 Å². The van der Waals surface area contributed by atoms with Crippen molar-refractivity contribution in [1.29, 1.82) is 0 Å². The van der Waals surface area contributed by atoms with Crippen molar-refractivity contribution in [3.05, 3.63) is 88.3 Å². The summed E-state index contributed by atoms with van der Waals surface area (Å²) in [6, 6.07) is 18.3. The number of nitrogens with one attached hydrogen (secondary N) is 1. The first kappa shape index (κ1) is 22.4. The van der Waals surface area contributed by atoms with Gasteiger partial charge >= 0.3 is 0 Å². The Balaban J connectivity index is 1.33. The fraction of sp³-hybridized carbons (Fsp3) is 0.280. The van der Waals surface area contributed by atoms with Crippen LogP contribution in [0.3, 0.4) is 0 Å². The molecule has 2 aromatic carbocycles. The first-order valence-electron chi connectivity index (χ1n) is 11.1. The van der Waals surface area contributed by atoms with Crippen molar-refractivity contribution in [3.63, 3.8) is 0 Å². The summed E-state index contributed by atoms with van der Waals surface area (Å²) in [5.74, 6) is 0.209. The summed E-state index contributed by atoms with van der Waals surface area (Å²) in [5.41, 5.74) is 1.74. The quantitative estimate of drug-likeness (QED) is 0.607. The molecule has 176 valence electrons. The van der Waals surface area contributed by atoms with Crippen molar-refractivity contribution in [1.82, 2.24) is 8.87 Å². The van der Waals surface area contributed by atoms with E-state index in [-0.39, 0.29) is 28.2 Å². The SMILES string of the molecule is COc1ccccc1C(=O)Nc1ccc(S(=O)(=O)N2CC3C[C@H](C2)Cn2c3cccc2=O)cc1. The Labute approximate surface area is 197 Å². The average molecular weight is 480 g/mol. The molecule has 1 N–H and O–H groups in total. The zero-order valence-corrected chi connectivity index (χ0v) is 19.5. The van der Waals surface area contributed by atoms with Crippen molar-refractivity contribution in [3.8, 4) is 5.75 Å². The lowest BCUT2D eigenvalue weighted by molar-refractivity contribution is 0.102. The van der Waals surface area contributed by atoms with Crippen LogP contribution in [-0.2, 0) is 16.6 Å². The largest absolute Gasteiger partial charge is 0.496 e. The number of para-hydroxylation sites is 1. The zero-order chi connectivity index (χ0) is 23.9. The molecule has 1 amide bonds. The number of piperidine rings is 1. The Morgan fingerprint density at radius 2 is 1.74 bits per heavy atom. The summed E-state index contributed by atoms with van der Waals surface area (Å²) in [7, 11) is -2.21. The number of carbonyl (C=O) groups is 1. The highest BCUT2D eigenvalue weighted by Gasteiger charge is 2.39. The molecule has 3 heterocycles.